The van der Waals surface area contributed by atoms with Gasteiger partial charge in [0.25, 0.3) is 0 Å². The first kappa shape index (κ1) is 24.9. The van der Waals surface area contributed by atoms with Gasteiger partial charge in [-0.2, -0.15) is 10.4 Å². The molecule has 0 radical (unpaired) electrons. The van der Waals surface area contributed by atoms with E-state index in [-0.39, 0.29) is 22.5 Å². The topological polar surface area (TPSA) is 143 Å². The molecular weight excluding hydrogens is 478 g/mol. The maximum Gasteiger partial charge on any atom is 0.164 e. The summed E-state index contributed by atoms with van der Waals surface area (Å²) in [5.41, 5.74) is 10.1. The third-order valence-electron chi connectivity index (χ3n) is 5.91. The Hall–Kier alpha value is -4.23. The van der Waals surface area contributed by atoms with Crippen molar-refractivity contribution in [2.75, 3.05) is 26.4 Å². The number of aryl methyl sites for hydroxylation is 1. The Kier molecular flexibility index (Phi) is 6.77. The van der Waals surface area contributed by atoms with Crippen LogP contribution in [0.15, 0.2) is 30.7 Å². The zero-order valence-electron chi connectivity index (χ0n) is 20.7. The van der Waals surface area contributed by atoms with Crippen LogP contribution >= 0.6 is 11.6 Å². The van der Waals surface area contributed by atoms with Crippen LogP contribution in [-0.4, -0.2) is 56.2 Å². The molecule has 0 saturated heterocycles. The molecule has 36 heavy (non-hydrogen) atoms. The van der Waals surface area contributed by atoms with Gasteiger partial charge in [0.15, 0.2) is 5.65 Å². The van der Waals surface area contributed by atoms with E-state index in [1.807, 2.05) is 26.8 Å². The molecular formula is C25H26ClN9O. The second kappa shape index (κ2) is 9.79. The molecule has 4 rings (SSSR count). The number of nitriles is 1. The highest BCUT2D eigenvalue weighted by molar-refractivity contribution is 6.32. The molecule has 0 saturated carbocycles. The summed E-state index contributed by atoms with van der Waals surface area (Å²) in [6.07, 6.45) is 3.03. The van der Waals surface area contributed by atoms with Crippen LogP contribution in [0.25, 0.3) is 22.2 Å². The molecule has 3 aromatic heterocycles. The third kappa shape index (κ3) is 4.18. The van der Waals surface area contributed by atoms with Gasteiger partial charge >= 0.3 is 0 Å². The van der Waals surface area contributed by atoms with E-state index in [4.69, 9.17) is 27.5 Å². The number of nitrogens with two attached hydrogens (primary N) is 1. The first-order valence-electron chi connectivity index (χ1n) is 11.3. The molecule has 0 spiro atoms. The van der Waals surface area contributed by atoms with Crippen LogP contribution in [0.4, 0.5) is 5.82 Å². The summed E-state index contributed by atoms with van der Waals surface area (Å²) in [6, 6.07) is 7.13. The van der Waals surface area contributed by atoms with Crippen molar-refractivity contribution in [3.63, 3.8) is 0 Å². The summed E-state index contributed by atoms with van der Waals surface area (Å²) < 4.78 is 7.89. The third-order valence-corrected chi connectivity index (χ3v) is 6.21. The average Bonchev–Trinajstić information content (AvgIpc) is 3.21. The lowest BCUT2D eigenvalue weighted by molar-refractivity contribution is 0.333. The number of pyridine rings is 1. The van der Waals surface area contributed by atoms with Gasteiger partial charge in [-0.25, -0.2) is 14.6 Å². The predicted molar refractivity (Wildman–Crippen MR) is 139 cm³/mol. The molecule has 0 fully saturated rings. The lowest BCUT2D eigenvalue weighted by Gasteiger charge is -2.22. The molecule has 10 nitrogen and oxygen atoms in total. The number of amidine groups is 1. The van der Waals surface area contributed by atoms with Crippen LogP contribution in [0.5, 0.6) is 5.75 Å². The van der Waals surface area contributed by atoms with E-state index >= 15 is 0 Å². The number of fused-ring (bicyclic) bond motifs is 1. The Morgan fingerprint density at radius 1 is 1.31 bits per heavy atom. The lowest BCUT2D eigenvalue weighted by atomic mass is 9.94. The van der Waals surface area contributed by atoms with Gasteiger partial charge in [0.1, 0.15) is 35.5 Å². The minimum absolute atomic E-state index is 0.273. The van der Waals surface area contributed by atoms with Crippen molar-refractivity contribution in [3.8, 4) is 22.9 Å². The number of nitrogen functional groups attached to an aromatic ring is 1. The standard InChI is InChI=1S/C25H26ClN9O/c1-6-36-22-16(14(3)35-25-20(13(2)33-35)23(28)31-12-32-25)9-18(26)17(10-27)21(22)15-7-8-19(30-11-15)24(29)34(4)5/h7-9,11-12,14,29H,6H2,1-5H3,(H2,28,31,32). The van der Waals surface area contributed by atoms with Crippen molar-refractivity contribution in [2.24, 2.45) is 0 Å². The number of nitrogens with zero attached hydrogens (tertiary/aromatic N) is 7. The molecule has 0 aliphatic carbocycles. The van der Waals surface area contributed by atoms with E-state index in [1.165, 1.54) is 6.33 Å². The SMILES string of the molecule is CCOc1c(C(C)n2nc(C)c3c(N)ncnc32)cc(Cl)c(C#N)c1-c1ccc(C(=N)N(C)C)nc1. The van der Waals surface area contributed by atoms with Crippen molar-refractivity contribution in [2.45, 2.75) is 26.8 Å². The van der Waals surface area contributed by atoms with E-state index in [9.17, 15) is 5.26 Å². The maximum atomic E-state index is 9.99. The molecule has 0 bridgehead atoms. The van der Waals surface area contributed by atoms with Gasteiger partial charge in [0, 0.05) is 37.0 Å². The van der Waals surface area contributed by atoms with Crippen LogP contribution in [0.2, 0.25) is 5.02 Å². The van der Waals surface area contributed by atoms with Gasteiger partial charge < -0.3 is 15.4 Å². The number of halogens is 1. The monoisotopic (exact) mass is 503 g/mol. The normalized spacial score (nSPS) is 11.8. The molecule has 0 aliphatic heterocycles. The fourth-order valence-corrected chi connectivity index (χ4v) is 4.38. The van der Waals surface area contributed by atoms with Gasteiger partial charge in [0.2, 0.25) is 0 Å². The summed E-state index contributed by atoms with van der Waals surface area (Å²) in [5.74, 6) is 1.13. The average molecular weight is 504 g/mol. The minimum Gasteiger partial charge on any atom is -0.493 e. The van der Waals surface area contributed by atoms with Crippen molar-refractivity contribution in [1.29, 1.82) is 10.7 Å². The highest BCUT2D eigenvalue weighted by Gasteiger charge is 2.26. The minimum atomic E-state index is -0.366. The van der Waals surface area contributed by atoms with Crippen LogP contribution in [0.3, 0.4) is 0 Å². The first-order valence-corrected chi connectivity index (χ1v) is 11.6. The van der Waals surface area contributed by atoms with Crippen LogP contribution in [0, 0.1) is 23.7 Å². The zero-order valence-corrected chi connectivity index (χ0v) is 21.4. The van der Waals surface area contributed by atoms with E-state index < -0.39 is 0 Å². The molecule has 1 unspecified atom stereocenters. The molecule has 3 N–H and O–H groups in total. The van der Waals surface area contributed by atoms with Gasteiger partial charge in [-0.15, -0.1) is 0 Å². The quantitative estimate of drug-likeness (QED) is 0.294. The number of hydrogen-bond donors (Lipinski definition) is 2. The zero-order chi connectivity index (χ0) is 26.1. The highest BCUT2D eigenvalue weighted by Crippen LogP contribution is 2.43. The van der Waals surface area contributed by atoms with Crippen molar-refractivity contribution < 1.29 is 4.74 Å². The number of benzene rings is 1. The van der Waals surface area contributed by atoms with Crippen LogP contribution in [0.1, 0.15) is 42.4 Å². The Morgan fingerprint density at radius 3 is 2.67 bits per heavy atom. The fourth-order valence-electron chi connectivity index (χ4n) is 4.13. The summed E-state index contributed by atoms with van der Waals surface area (Å²) in [6.45, 7) is 6.04. The number of aromatic nitrogens is 5. The van der Waals surface area contributed by atoms with Crippen molar-refractivity contribution in [3.05, 3.63) is 58.3 Å². The van der Waals surface area contributed by atoms with E-state index in [1.54, 1.807) is 42.0 Å². The molecule has 3 heterocycles. The number of hydrogen-bond acceptors (Lipinski definition) is 8. The first-order chi connectivity index (χ1) is 17.2. The maximum absolute atomic E-state index is 9.99. The smallest absolute Gasteiger partial charge is 0.164 e. The number of rotatable bonds is 6. The Balaban J connectivity index is 1.94. The van der Waals surface area contributed by atoms with Crippen molar-refractivity contribution >= 4 is 34.3 Å². The van der Waals surface area contributed by atoms with E-state index in [0.717, 1.165) is 5.56 Å². The summed E-state index contributed by atoms with van der Waals surface area (Å²) >= 11 is 6.65. The predicted octanol–water partition coefficient (Wildman–Crippen LogP) is 4.20. The number of anilines is 1. The van der Waals surface area contributed by atoms with Gasteiger partial charge in [0.05, 0.1) is 34.3 Å². The number of ether oxygens (including phenoxy) is 1. The molecule has 11 heteroatoms. The van der Waals surface area contributed by atoms with Gasteiger partial charge in [-0.1, -0.05) is 17.7 Å². The van der Waals surface area contributed by atoms with Gasteiger partial charge in [-0.05, 0) is 32.9 Å². The second-order valence-corrected chi connectivity index (χ2v) is 8.82. The second-order valence-electron chi connectivity index (χ2n) is 8.41. The summed E-state index contributed by atoms with van der Waals surface area (Å²) in [5, 5.41) is 23.8. The number of nitrogens with one attached hydrogen (secondary N) is 1. The molecule has 4 aromatic rings. The van der Waals surface area contributed by atoms with Crippen LogP contribution < -0.4 is 10.5 Å². The van der Waals surface area contributed by atoms with Crippen LogP contribution in [-0.2, 0) is 0 Å². The van der Waals surface area contributed by atoms with Gasteiger partial charge in [-0.3, -0.25) is 10.4 Å². The Bertz CT molecular complexity index is 1500. The molecule has 184 valence electrons. The highest BCUT2D eigenvalue weighted by atomic mass is 35.5. The molecule has 0 amide bonds. The fraction of sp³-hybridized carbons (Fsp3) is 0.280. The Labute approximate surface area is 213 Å². The molecule has 1 aromatic carbocycles. The van der Waals surface area contributed by atoms with E-state index in [2.05, 4.69) is 26.1 Å². The van der Waals surface area contributed by atoms with Crippen molar-refractivity contribution in [1.82, 2.24) is 29.6 Å². The lowest BCUT2D eigenvalue weighted by Crippen LogP contribution is -2.22. The Morgan fingerprint density at radius 2 is 2.06 bits per heavy atom. The summed E-state index contributed by atoms with van der Waals surface area (Å²) in [7, 11) is 3.56. The molecule has 1 atom stereocenters. The largest absolute Gasteiger partial charge is 0.493 e. The van der Waals surface area contributed by atoms with E-state index in [0.29, 0.717) is 51.7 Å². The summed E-state index contributed by atoms with van der Waals surface area (Å²) in [4.78, 5) is 14.6. The molecule has 0 aliphatic rings.